The van der Waals surface area contributed by atoms with Gasteiger partial charge in [-0.3, -0.25) is 0 Å². The Kier molecular flexibility index (Phi) is 5.44. The third-order valence-electron chi connectivity index (χ3n) is 10.8. The van der Waals surface area contributed by atoms with E-state index in [1.54, 1.807) is 0 Å². The monoisotopic (exact) mass is 596 g/mol. The summed E-state index contributed by atoms with van der Waals surface area (Å²) in [5.74, 6) is 0. The van der Waals surface area contributed by atoms with Crippen LogP contribution in [0.5, 0.6) is 0 Å². The van der Waals surface area contributed by atoms with Crippen molar-refractivity contribution in [2.75, 3.05) is 0 Å². The average molecular weight is 597 g/mol. The molecule has 1 aliphatic rings. The van der Waals surface area contributed by atoms with E-state index in [1.165, 1.54) is 98.4 Å². The quantitative estimate of drug-likeness (QED) is 0.138. The molecule has 0 saturated heterocycles. The van der Waals surface area contributed by atoms with Gasteiger partial charge in [0.1, 0.15) is 0 Å². The third-order valence-corrected chi connectivity index (χ3v) is 10.8. The second-order valence-electron chi connectivity index (χ2n) is 13.7. The molecule has 0 fully saturated rings. The molecule has 0 heterocycles. The van der Waals surface area contributed by atoms with Crippen molar-refractivity contribution in [3.8, 4) is 33.4 Å². The van der Waals surface area contributed by atoms with Crippen LogP contribution in [0.4, 0.5) is 0 Å². The van der Waals surface area contributed by atoms with Crippen LogP contribution in [-0.2, 0) is 5.41 Å². The van der Waals surface area contributed by atoms with Crippen molar-refractivity contribution in [1.82, 2.24) is 0 Å². The van der Waals surface area contributed by atoms with E-state index in [0.29, 0.717) is 0 Å². The molecule has 0 amide bonds. The molecule has 0 bridgehead atoms. The van der Waals surface area contributed by atoms with Gasteiger partial charge in [0.15, 0.2) is 0 Å². The molecular weight excluding hydrogens is 565 g/mol. The van der Waals surface area contributed by atoms with Gasteiger partial charge in [-0.15, -0.1) is 0 Å². The molecule has 0 unspecified atom stereocenters. The minimum absolute atomic E-state index is 0.0917. The van der Waals surface area contributed by atoms with E-state index in [0.717, 1.165) is 0 Å². The number of fused-ring (bicyclic) bond motifs is 9. The van der Waals surface area contributed by atoms with Gasteiger partial charge in [0.25, 0.3) is 0 Å². The van der Waals surface area contributed by atoms with Gasteiger partial charge in [-0.25, -0.2) is 0 Å². The van der Waals surface area contributed by atoms with Crippen molar-refractivity contribution < 1.29 is 0 Å². The molecule has 0 saturated carbocycles. The smallest absolute Gasteiger partial charge is 0.0159 e. The molecular formula is C47H32. The van der Waals surface area contributed by atoms with Crippen LogP contribution < -0.4 is 0 Å². The highest BCUT2D eigenvalue weighted by atomic mass is 14.4. The summed E-state index contributed by atoms with van der Waals surface area (Å²) in [6, 6.07) is 58.9. The Morgan fingerprint density at radius 2 is 0.872 bits per heavy atom. The lowest BCUT2D eigenvalue weighted by Crippen LogP contribution is -2.14. The van der Waals surface area contributed by atoms with Crippen molar-refractivity contribution >= 4 is 53.9 Å². The second kappa shape index (κ2) is 9.64. The first-order valence-corrected chi connectivity index (χ1v) is 16.6. The number of hydrogen-bond donors (Lipinski definition) is 0. The van der Waals surface area contributed by atoms with Gasteiger partial charge < -0.3 is 0 Å². The highest BCUT2D eigenvalue weighted by molar-refractivity contribution is 6.23. The zero-order chi connectivity index (χ0) is 31.3. The van der Waals surface area contributed by atoms with Crippen LogP contribution in [-0.4, -0.2) is 0 Å². The van der Waals surface area contributed by atoms with E-state index in [4.69, 9.17) is 0 Å². The van der Waals surface area contributed by atoms with E-state index in [9.17, 15) is 0 Å². The van der Waals surface area contributed by atoms with E-state index < -0.39 is 0 Å². The predicted molar refractivity (Wildman–Crippen MR) is 202 cm³/mol. The normalized spacial score (nSPS) is 13.5. The maximum Gasteiger partial charge on any atom is 0.0159 e. The Morgan fingerprint density at radius 3 is 1.57 bits per heavy atom. The Balaban J connectivity index is 1.29. The molecule has 0 nitrogen and oxygen atoms in total. The van der Waals surface area contributed by atoms with Crippen molar-refractivity contribution in [1.29, 1.82) is 0 Å². The van der Waals surface area contributed by atoms with Crippen molar-refractivity contribution in [2.24, 2.45) is 0 Å². The molecule has 0 heteroatoms. The minimum atomic E-state index is -0.0917. The van der Waals surface area contributed by atoms with Crippen LogP contribution in [0.25, 0.3) is 87.2 Å². The summed E-state index contributed by atoms with van der Waals surface area (Å²) in [6.07, 6.45) is 0. The zero-order valence-corrected chi connectivity index (χ0v) is 26.5. The Labute approximate surface area is 274 Å². The minimum Gasteiger partial charge on any atom is -0.0616 e. The molecule has 0 radical (unpaired) electrons. The van der Waals surface area contributed by atoms with Gasteiger partial charge in [0.2, 0.25) is 0 Å². The van der Waals surface area contributed by atoms with Gasteiger partial charge in [0, 0.05) is 5.41 Å². The molecule has 0 aliphatic heterocycles. The highest BCUT2D eigenvalue weighted by Crippen LogP contribution is 2.55. The fraction of sp³-hybridized carbons (Fsp3) is 0.0638. The topological polar surface area (TPSA) is 0 Å². The van der Waals surface area contributed by atoms with Crippen LogP contribution in [0, 0.1) is 0 Å². The first-order chi connectivity index (χ1) is 23.1. The summed E-state index contributed by atoms with van der Waals surface area (Å²) in [5, 5.41) is 12.9. The molecule has 10 rings (SSSR count). The first kappa shape index (κ1) is 26.5. The standard InChI is InChI=1S/C47H32/c1-47(2)42-21-11-20-40(46(42)41-27-30-13-3-4-14-31(30)28-43(41)47)45-38-18-9-7-16-36(38)44(37-17-8-10-19-39(37)45)33-24-25-35-32(26-33)23-22-29-12-5-6-15-34(29)35/h3-28H,1-2H3. The van der Waals surface area contributed by atoms with Crippen LogP contribution in [0.1, 0.15) is 25.0 Å². The lowest BCUT2D eigenvalue weighted by atomic mass is 9.80. The van der Waals surface area contributed by atoms with Crippen molar-refractivity contribution in [3.05, 3.63) is 169 Å². The molecule has 1 aliphatic carbocycles. The van der Waals surface area contributed by atoms with E-state index in [-0.39, 0.29) is 5.41 Å². The third kappa shape index (κ3) is 3.70. The maximum atomic E-state index is 2.43. The summed E-state index contributed by atoms with van der Waals surface area (Å²) in [4.78, 5) is 0. The SMILES string of the molecule is CC1(C)c2cc3ccccc3cc2-c2c(-c3c4ccccc4c(-c4ccc5c(ccc6ccccc65)c4)c4ccccc34)cccc21. The van der Waals surface area contributed by atoms with Crippen LogP contribution in [0.2, 0.25) is 0 Å². The summed E-state index contributed by atoms with van der Waals surface area (Å²) in [5.41, 5.74) is 10.6. The van der Waals surface area contributed by atoms with Gasteiger partial charge in [0.05, 0.1) is 0 Å². The van der Waals surface area contributed by atoms with Crippen LogP contribution in [0.3, 0.4) is 0 Å². The fourth-order valence-electron chi connectivity index (χ4n) is 8.58. The van der Waals surface area contributed by atoms with E-state index >= 15 is 0 Å². The fourth-order valence-corrected chi connectivity index (χ4v) is 8.58. The largest absolute Gasteiger partial charge is 0.0616 e. The lowest BCUT2D eigenvalue weighted by Gasteiger charge is -2.23. The van der Waals surface area contributed by atoms with Gasteiger partial charge >= 0.3 is 0 Å². The molecule has 220 valence electrons. The summed E-state index contributed by atoms with van der Waals surface area (Å²) < 4.78 is 0. The number of hydrogen-bond acceptors (Lipinski definition) is 0. The van der Waals surface area contributed by atoms with Crippen LogP contribution in [0.15, 0.2) is 158 Å². The number of rotatable bonds is 2. The number of benzene rings is 9. The molecule has 0 N–H and O–H groups in total. The molecule has 9 aromatic carbocycles. The summed E-state index contributed by atoms with van der Waals surface area (Å²) in [6.45, 7) is 4.77. The summed E-state index contributed by atoms with van der Waals surface area (Å²) >= 11 is 0. The van der Waals surface area contributed by atoms with E-state index in [2.05, 4.69) is 172 Å². The lowest BCUT2D eigenvalue weighted by molar-refractivity contribution is 0.661. The zero-order valence-electron chi connectivity index (χ0n) is 26.5. The summed E-state index contributed by atoms with van der Waals surface area (Å²) in [7, 11) is 0. The Bertz CT molecular complexity index is 2700. The molecule has 9 aromatic rings. The van der Waals surface area contributed by atoms with Crippen molar-refractivity contribution in [3.63, 3.8) is 0 Å². The molecule has 47 heavy (non-hydrogen) atoms. The molecule has 0 atom stereocenters. The second-order valence-corrected chi connectivity index (χ2v) is 13.7. The van der Waals surface area contributed by atoms with E-state index in [1.807, 2.05) is 0 Å². The van der Waals surface area contributed by atoms with Gasteiger partial charge in [-0.2, -0.15) is 0 Å². The first-order valence-electron chi connectivity index (χ1n) is 16.6. The Morgan fingerprint density at radius 1 is 0.319 bits per heavy atom. The van der Waals surface area contributed by atoms with Crippen LogP contribution >= 0.6 is 0 Å². The highest BCUT2D eigenvalue weighted by Gasteiger charge is 2.37. The van der Waals surface area contributed by atoms with Gasteiger partial charge in [-0.1, -0.05) is 153 Å². The van der Waals surface area contributed by atoms with Gasteiger partial charge in [-0.05, 0) is 117 Å². The Hall–Kier alpha value is -5.72. The van der Waals surface area contributed by atoms with Crippen molar-refractivity contribution in [2.45, 2.75) is 19.3 Å². The molecule has 0 spiro atoms. The predicted octanol–water partition coefficient (Wildman–Crippen LogP) is 13.1. The maximum absolute atomic E-state index is 2.43. The molecule has 0 aromatic heterocycles. The average Bonchev–Trinajstić information content (AvgIpc) is 3.34.